The molecular weight excluding hydrogens is 250 g/mol. The van der Waals surface area contributed by atoms with Gasteiger partial charge in [0.2, 0.25) is 5.89 Å². The van der Waals surface area contributed by atoms with Crippen molar-refractivity contribution in [2.45, 2.75) is 77.0 Å². The second kappa shape index (κ2) is 6.70. The molecule has 0 bridgehead atoms. The van der Waals surface area contributed by atoms with Crippen molar-refractivity contribution in [1.82, 2.24) is 10.1 Å². The van der Waals surface area contributed by atoms with Crippen LogP contribution in [-0.4, -0.2) is 16.7 Å². The SMILES string of the molecule is CCC1CCC(c2noc(C(CC)(CC)CN)n2)CC1. The van der Waals surface area contributed by atoms with Crippen molar-refractivity contribution in [2.24, 2.45) is 11.7 Å². The first-order valence-electron chi connectivity index (χ1n) is 8.23. The third-order valence-electron chi connectivity index (χ3n) is 5.43. The molecule has 0 amide bonds. The van der Waals surface area contributed by atoms with Gasteiger partial charge in [0, 0.05) is 12.5 Å². The van der Waals surface area contributed by atoms with Crippen LogP contribution in [0.3, 0.4) is 0 Å². The molecule has 0 spiro atoms. The van der Waals surface area contributed by atoms with Crippen LogP contribution in [0.2, 0.25) is 0 Å². The van der Waals surface area contributed by atoms with E-state index in [1.165, 1.54) is 32.1 Å². The minimum atomic E-state index is -0.133. The summed E-state index contributed by atoms with van der Waals surface area (Å²) in [5.74, 6) is 3.04. The monoisotopic (exact) mass is 279 g/mol. The first-order valence-corrected chi connectivity index (χ1v) is 8.23. The Morgan fingerprint density at radius 3 is 2.30 bits per heavy atom. The van der Waals surface area contributed by atoms with Crippen molar-refractivity contribution in [3.63, 3.8) is 0 Å². The topological polar surface area (TPSA) is 64.9 Å². The summed E-state index contributed by atoms with van der Waals surface area (Å²) in [6, 6.07) is 0. The molecule has 1 saturated carbocycles. The van der Waals surface area contributed by atoms with Crippen LogP contribution in [0.1, 0.15) is 83.3 Å². The summed E-state index contributed by atoms with van der Waals surface area (Å²) in [5, 5.41) is 4.26. The number of nitrogens with zero attached hydrogens (tertiary/aromatic N) is 2. The Kier molecular flexibility index (Phi) is 5.19. The van der Waals surface area contributed by atoms with Gasteiger partial charge >= 0.3 is 0 Å². The second-order valence-electron chi connectivity index (χ2n) is 6.28. The average Bonchev–Trinajstić information content (AvgIpc) is 3.00. The van der Waals surface area contributed by atoms with Crippen LogP contribution in [0.25, 0.3) is 0 Å². The first-order chi connectivity index (χ1) is 9.69. The van der Waals surface area contributed by atoms with Crippen molar-refractivity contribution in [3.8, 4) is 0 Å². The maximum absolute atomic E-state index is 5.96. The molecule has 114 valence electrons. The van der Waals surface area contributed by atoms with Crippen LogP contribution >= 0.6 is 0 Å². The highest BCUT2D eigenvalue weighted by Gasteiger charge is 2.34. The van der Waals surface area contributed by atoms with Gasteiger partial charge in [-0.3, -0.25) is 0 Å². The van der Waals surface area contributed by atoms with Crippen LogP contribution in [0, 0.1) is 5.92 Å². The van der Waals surface area contributed by atoms with E-state index in [-0.39, 0.29) is 5.41 Å². The van der Waals surface area contributed by atoms with Gasteiger partial charge in [-0.1, -0.05) is 32.3 Å². The zero-order chi connectivity index (χ0) is 14.6. The molecule has 0 aromatic carbocycles. The molecule has 4 heteroatoms. The van der Waals surface area contributed by atoms with E-state index >= 15 is 0 Å². The van der Waals surface area contributed by atoms with Crippen LogP contribution in [0.5, 0.6) is 0 Å². The van der Waals surface area contributed by atoms with E-state index in [1.54, 1.807) is 0 Å². The first kappa shape index (κ1) is 15.5. The number of rotatable bonds is 6. The molecule has 20 heavy (non-hydrogen) atoms. The smallest absolute Gasteiger partial charge is 0.234 e. The van der Waals surface area contributed by atoms with Gasteiger partial charge in [-0.05, 0) is 44.4 Å². The van der Waals surface area contributed by atoms with Crippen molar-refractivity contribution in [2.75, 3.05) is 6.54 Å². The lowest BCUT2D eigenvalue weighted by Crippen LogP contribution is -2.34. The van der Waals surface area contributed by atoms with E-state index in [2.05, 4.69) is 25.9 Å². The van der Waals surface area contributed by atoms with E-state index in [0.29, 0.717) is 12.5 Å². The fraction of sp³-hybridized carbons (Fsp3) is 0.875. The van der Waals surface area contributed by atoms with Gasteiger partial charge in [-0.2, -0.15) is 4.98 Å². The Labute approximate surface area is 122 Å². The van der Waals surface area contributed by atoms with Gasteiger partial charge < -0.3 is 10.3 Å². The Morgan fingerprint density at radius 1 is 1.15 bits per heavy atom. The van der Waals surface area contributed by atoms with Crippen LogP contribution < -0.4 is 5.73 Å². The molecule has 1 heterocycles. The summed E-state index contributed by atoms with van der Waals surface area (Å²) in [4.78, 5) is 4.71. The lowest BCUT2D eigenvalue weighted by molar-refractivity contribution is 0.263. The average molecular weight is 279 g/mol. The largest absolute Gasteiger partial charge is 0.339 e. The molecule has 1 aliphatic rings. The van der Waals surface area contributed by atoms with Gasteiger partial charge in [-0.15, -0.1) is 0 Å². The van der Waals surface area contributed by atoms with E-state index in [4.69, 9.17) is 15.2 Å². The Morgan fingerprint density at radius 2 is 1.80 bits per heavy atom. The molecule has 0 radical (unpaired) electrons. The van der Waals surface area contributed by atoms with Gasteiger partial charge in [0.15, 0.2) is 5.82 Å². The Hall–Kier alpha value is -0.900. The maximum atomic E-state index is 5.96. The summed E-state index contributed by atoms with van der Waals surface area (Å²) in [6.45, 7) is 7.15. The van der Waals surface area contributed by atoms with E-state index in [0.717, 1.165) is 30.5 Å². The fourth-order valence-corrected chi connectivity index (χ4v) is 3.37. The van der Waals surface area contributed by atoms with E-state index in [9.17, 15) is 0 Å². The highest BCUT2D eigenvalue weighted by atomic mass is 16.5. The molecular formula is C16H29N3O. The molecule has 1 aliphatic carbocycles. The van der Waals surface area contributed by atoms with Crippen molar-refractivity contribution in [3.05, 3.63) is 11.7 Å². The summed E-state index contributed by atoms with van der Waals surface area (Å²) >= 11 is 0. The molecule has 2 rings (SSSR count). The van der Waals surface area contributed by atoms with Crippen LogP contribution in [-0.2, 0) is 5.41 Å². The van der Waals surface area contributed by atoms with Gasteiger partial charge in [-0.25, -0.2) is 0 Å². The summed E-state index contributed by atoms with van der Waals surface area (Å²) in [7, 11) is 0. The van der Waals surface area contributed by atoms with Crippen molar-refractivity contribution in [1.29, 1.82) is 0 Å². The Balaban J connectivity index is 2.09. The zero-order valence-electron chi connectivity index (χ0n) is 13.2. The molecule has 0 atom stereocenters. The van der Waals surface area contributed by atoms with Crippen LogP contribution in [0.15, 0.2) is 4.52 Å². The number of aromatic nitrogens is 2. The minimum absolute atomic E-state index is 0.133. The summed E-state index contributed by atoms with van der Waals surface area (Å²) in [5.41, 5.74) is 5.82. The summed E-state index contributed by atoms with van der Waals surface area (Å²) in [6.07, 6.45) is 8.19. The van der Waals surface area contributed by atoms with Crippen LogP contribution in [0.4, 0.5) is 0 Å². The quantitative estimate of drug-likeness (QED) is 0.861. The van der Waals surface area contributed by atoms with Crippen molar-refractivity contribution < 1.29 is 4.52 Å². The predicted molar refractivity (Wildman–Crippen MR) is 80.6 cm³/mol. The van der Waals surface area contributed by atoms with E-state index < -0.39 is 0 Å². The molecule has 1 aromatic rings. The molecule has 1 aromatic heterocycles. The molecule has 4 nitrogen and oxygen atoms in total. The number of hydrogen-bond donors (Lipinski definition) is 1. The van der Waals surface area contributed by atoms with Crippen molar-refractivity contribution >= 4 is 0 Å². The molecule has 0 unspecified atom stereocenters. The minimum Gasteiger partial charge on any atom is -0.339 e. The van der Waals surface area contributed by atoms with E-state index in [1.807, 2.05) is 0 Å². The fourth-order valence-electron chi connectivity index (χ4n) is 3.37. The third-order valence-corrected chi connectivity index (χ3v) is 5.43. The second-order valence-corrected chi connectivity index (χ2v) is 6.28. The predicted octanol–water partition coefficient (Wildman–Crippen LogP) is 3.77. The van der Waals surface area contributed by atoms with Gasteiger partial charge in [0.05, 0.1) is 5.41 Å². The molecule has 1 fully saturated rings. The lowest BCUT2D eigenvalue weighted by atomic mass is 9.80. The zero-order valence-corrected chi connectivity index (χ0v) is 13.2. The summed E-state index contributed by atoms with van der Waals surface area (Å²) < 4.78 is 5.57. The molecule has 0 aliphatic heterocycles. The standard InChI is InChI=1S/C16H29N3O/c1-4-12-7-9-13(10-8-12)14-18-15(20-19-14)16(5-2,6-3)11-17/h12-13H,4-11,17H2,1-3H3. The normalized spacial score (nSPS) is 24.0. The Bertz CT molecular complexity index is 395. The molecule has 2 N–H and O–H groups in total. The number of nitrogens with two attached hydrogens (primary N) is 1. The number of hydrogen-bond acceptors (Lipinski definition) is 4. The maximum Gasteiger partial charge on any atom is 0.234 e. The van der Waals surface area contributed by atoms with Gasteiger partial charge in [0.1, 0.15) is 0 Å². The third kappa shape index (κ3) is 2.90. The highest BCUT2D eigenvalue weighted by Crippen LogP contribution is 2.37. The lowest BCUT2D eigenvalue weighted by Gasteiger charge is -2.26. The van der Waals surface area contributed by atoms with Gasteiger partial charge in [0.25, 0.3) is 0 Å². The highest BCUT2D eigenvalue weighted by molar-refractivity contribution is 5.08. The molecule has 0 saturated heterocycles.